The van der Waals surface area contributed by atoms with Crippen molar-refractivity contribution in [2.75, 3.05) is 0 Å². The molecule has 1 aromatic heterocycles. The molecule has 1 unspecified atom stereocenters. The van der Waals surface area contributed by atoms with Crippen LogP contribution in [0.3, 0.4) is 0 Å². The van der Waals surface area contributed by atoms with E-state index in [0.29, 0.717) is 0 Å². The number of halogens is 3. The van der Waals surface area contributed by atoms with Gasteiger partial charge in [0.1, 0.15) is 0 Å². The van der Waals surface area contributed by atoms with Gasteiger partial charge in [-0.15, -0.1) is 11.3 Å². The monoisotopic (exact) mass is 422 g/mol. The first-order valence-electron chi connectivity index (χ1n) is 4.73. The number of hydrogen-bond acceptors (Lipinski definition) is 1. The number of thiophene rings is 1. The van der Waals surface area contributed by atoms with Crippen LogP contribution in [-0.2, 0) is 0 Å². The maximum absolute atomic E-state index is 3.75. The van der Waals surface area contributed by atoms with E-state index in [-0.39, 0.29) is 4.83 Å². The molecule has 0 aliphatic rings. The van der Waals surface area contributed by atoms with Crippen LogP contribution >= 0.6 is 59.1 Å². The Balaban J connectivity index is 2.37. The molecule has 2 rings (SSSR count). The van der Waals surface area contributed by atoms with E-state index in [1.165, 1.54) is 15.3 Å². The molecule has 0 fully saturated rings. The molecule has 0 amide bonds. The summed E-state index contributed by atoms with van der Waals surface area (Å²) in [5.74, 6) is 0. The van der Waals surface area contributed by atoms with Gasteiger partial charge in [0.25, 0.3) is 0 Å². The Bertz CT molecular complexity index is 505. The maximum atomic E-state index is 3.75. The van der Waals surface area contributed by atoms with Gasteiger partial charge in [-0.2, -0.15) is 0 Å². The first-order chi connectivity index (χ1) is 7.58. The minimum absolute atomic E-state index is 0.258. The molecule has 1 heterocycles. The lowest BCUT2D eigenvalue weighted by Crippen LogP contribution is -1.90. The molecule has 1 atom stereocenters. The second-order valence-electron chi connectivity index (χ2n) is 3.48. The minimum Gasteiger partial charge on any atom is -0.144 e. The van der Waals surface area contributed by atoms with Crippen LogP contribution in [0.1, 0.15) is 20.1 Å². The Labute approximate surface area is 124 Å². The number of rotatable bonds is 2. The van der Waals surface area contributed by atoms with E-state index < -0.39 is 0 Å². The smallest absolute Gasteiger partial charge is 0.0749 e. The van der Waals surface area contributed by atoms with Gasteiger partial charge in [-0.1, -0.05) is 53.9 Å². The van der Waals surface area contributed by atoms with Crippen molar-refractivity contribution in [1.29, 1.82) is 0 Å². The van der Waals surface area contributed by atoms with Crippen LogP contribution < -0.4 is 0 Å². The van der Waals surface area contributed by atoms with E-state index in [9.17, 15) is 0 Å². The van der Waals surface area contributed by atoms with Gasteiger partial charge < -0.3 is 0 Å². The van der Waals surface area contributed by atoms with Crippen molar-refractivity contribution in [3.05, 3.63) is 54.6 Å². The fourth-order valence-corrected chi connectivity index (χ4v) is 4.74. The molecule has 16 heavy (non-hydrogen) atoms. The number of benzene rings is 1. The Morgan fingerprint density at radius 3 is 2.44 bits per heavy atom. The zero-order valence-corrected chi connectivity index (χ0v) is 14.1. The standard InChI is InChI=1S/C12H9Br3S/c1-7-2-5-11(16-7)12(15)9-4-3-8(13)6-10(9)14/h2-6,12H,1H3. The van der Waals surface area contributed by atoms with Crippen LogP contribution in [-0.4, -0.2) is 0 Å². The molecule has 1 aromatic carbocycles. The number of hydrogen-bond donors (Lipinski definition) is 0. The zero-order chi connectivity index (χ0) is 11.7. The molecular formula is C12H9Br3S. The lowest BCUT2D eigenvalue weighted by molar-refractivity contribution is 1.20. The summed E-state index contributed by atoms with van der Waals surface area (Å²) in [5, 5.41) is 0. The molecule has 4 heteroatoms. The molecule has 0 saturated heterocycles. The van der Waals surface area contributed by atoms with Gasteiger partial charge in [0.2, 0.25) is 0 Å². The lowest BCUT2D eigenvalue weighted by Gasteiger charge is -2.10. The predicted molar refractivity (Wildman–Crippen MR) is 81.7 cm³/mol. The highest BCUT2D eigenvalue weighted by atomic mass is 79.9. The molecule has 0 N–H and O–H groups in total. The van der Waals surface area contributed by atoms with Gasteiger partial charge in [0.15, 0.2) is 0 Å². The van der Waals surface area contributed by atoms with Crippen molar-refractivity contribution >= 4 is 59.1 Å². The molecule has 0 bridgehead atoms. The second-order valence-corrected chi connectivity index (χ2v) is 7.48. The molecule has 0 aliphatic heterocycles. The molecule has 0 saturated carbocycles. The molecule has 0 nitrogen and oxygen atoms in total. The molecule has 0 aliphatic carbocycles. The summed E-state index contributed by atoms with van der Waals surface area (Å²) in [6.45, 7) is 2.13. The molecule has 2 aromatic rings. The number of aryl methyl sites for hydroxylation is 1. The molecule has 0 radical (unpaired) electrons. The average Bonchev–Trinajstić information content (AvgIpc) is 2.64. The van der Waals surface area contributed by atoms with Gasteiger partial charge in [-0.25, -0.2) is 0 Å². The van der Waals surface area contributed by atoms with Gasteiger partial charge in [0, 0.05) is 18.7 Å². The van der Waals surface area contributed by atoms with Crippen LogP contribution in [0.5, 0.6) is 0 Å². The number of alkyl halides is 1. The third kappa shape index (κ3) is 2.78. The molecule has 84 valence electrons. The fraction of sp³-hybridized carbons (Fsp3) is 0.167. The van der Waals surface area contributed by atoms with Gasteiger partial charge >= 0.3 is 0 Å². The van der Waals surface area contributed by atoms with E-state index in [4.69, 9.17) is 0 Å². The summed E-state index contributed by atoms with van der Waals surface area (Å²) in [7, 11) is 0. The highest BCUT2D eigenvalue weighted by molar-refractivity contribution is 9.11. The summed E-state index contributed by atoms with van der Waals surface area (Å²) < 4.78 is 2.21. The third-order valence-electron chi connectivity index (χ3n) is 2.25. The fourth-order valence-electron chi connectivity index (χ4n) is 1.45. The second kappa shape index (κ2) is 5.34. The van der Waals surface area contributed by atoms with Gasteiger partial charge in [0.05, 0.1) is 4.83 Å². The maximum Gasteiger partial charge on any atom is 0.0749 e. The van der Waals surface area contributed by atoms with Crippen molar-refractivity contribution in [2.45, 2.75) is 11.8 Å². The van der Waals surface area contributed by atoms with Crippen molar-refractivity contribution < 1.29 is 0 Å². The van der Waals surface area contributed by atoms with E-state index in [1.807, 2.05) is 11.3 Å². The minimum atomic E-state index is 0.258. The zero-order valence-electron chi connectivity index (χ0n) is 8.51. The van der Waals surface area contributed by atoms with Gasteiger partial charge in [-0.3, -0.25) is 0 Å². The van der Waals surface area contributed by atoms with Crippen molar-refractivity contribution in [1.82, 2.24) is 0 Å². The first-order valence-corrected chi connectivity index (χ1v) is 8.05. The Hall–Kier alpha value is 0.360. The van der Waals surface area contributed by atoms with E-state index in [2.05, 4.69) is 85.0 Å². The highest BCUT2D eigenvalue weighted by Crippen LogP contribution is 2.39. The summed E-state index contributed by atoms with van der Waals surface area (Å²) in [6, 6.07) is 10.6. The summed E-state index contributed by atoms with van der Waals surface area (Å²) in [4.78, 5) is 2.93. The Morgan fingerprint density at radius 2 is 1.88 bits per heavy atom. The van der Waals surface area contributed by atoms with Crippen LogP contribution in [0.4, 0.5) is 0 Å². The van der Waals surface area contributed by atoms with Crippen molar-refractivity contribution in [2.24, 2.45) is 0 Å². The van der Waals surface area contributed by atoms with E-state index >= 15 is 0 Å². The Kier molecular flexibility index (Phi) is 4.27. The molecular weight excluding hydrogens is 416 g/mol. The Morgan fingerprint density at radius 1 is 1.12 bits per heavy atom. The summed E-state index contributed by atoms with van der Waals surface area (Å²) >= 11 is 12.6. The summed E-state index contributed by atoms with van der Waals surface area (Å²) in [6.07, 6.45) is 0. The first kappa shape index (κ1) is 12.8. The topological polar surface area (TPSA) is 0 Å². The van der Waals surface area contributed by atoms with Crippen LogP contribution in [0, 0.1) is 6.92 Å². The van der Waals surface area contributed by atoms with E-state index in [1.54, 1.807) is 0 Å². The van der Waals surface area contributed by atoms with E-state index in [0.717, 1.165) is 8.95 Å². The van der Waals surface area contributed by atoms with Crippen molar-refractivity contribution in [3.8, 4) is 0 Å². The van der Waals surface area contributed by atoms with Gasteiger partial charge in [-0.05, 0) is 36.8 Å². The average molecular weight is 425 g/mol. The van der Waals surface area contributed by atoms with Crippen molar-refractivity contribution in [3.63, 3.8) is 0 Å². The van der Waals surface area contributed by atoms with Crippen LogP contribution in [0.2, 0.25) is 0 Å². The third-order valence-corrected chi connectivity index (χ3v) is 5.78. The largest absolute Gasteiger partial charge is 0.144 e. The highest BCUT2D eigenvalue weighted by Gasteiger charge is 2.15. The lowest BCUT2D eigenvalue weighted by atomic mass is 10.1. The van der Waals surface area contributed by atoms with Crippen LogP contribution in [0.25, 0.3) is 0 Å². The summed E-state index contributed by atoms with van der Waals surface area (Å²) in [5.41, 5.74) is 1.25. The van der Waals surface area contributed by atoms with Crippen LogP contribution in [0.15, 0.2) is 39.3 Å². The molecule has 0 spiro atoms. The quantitative estimate of drug-likeness (QED) is 0.513. The SMILES string of the molecule is Cc1ccc(C(Br)c2ccc(Br)cc2Br)s1. The normalized spacial score (nSPS) is 12.8. The predicted octanol–water partition coefficient (Wildman–Crippen LogP) is 6.07.